The Hall–Kier alpha value is -2.35. The summed E-state index contributed by atoms with van der Waals surface area (Å²) in [6.45, 7) is 15.3. The number of benzene rings is 1. The Morgan fingerprint density at radius 1 is 1.12 bits per heavy atom. The number of allylic oxidation sites excluding steroid dienone is 5. The van der Waals surface area contributed by atoms with Gasteiger partial charge in [0.1, 0.15) is 0 Å². The van der Waals surface area contributed by atoms with Gasteiger partial charge in [-0.3, -0.25) is 4.79 Å². The minimum absolute atomic E-state index is 0.000829. The van der Waals surface area contributed by atoms with Crippen LogP contribution in [0.15, 0.2) is 48.2 Å². The second kappa shape index (κ2) is 11.4. The quantitative estimate of drug-likeness (QED) is 0.421. The summed E-state index contributed by atoms with van der Waals surface area (Å²) in [5.74, 6) is 1.10. The van der Waals surface area contributed by atoms with Crippen molar-refractivity contribution in [2.45, 2.75) is 99.5 Å². The van der Waals surface area contributed by atoms with Gasteiger partial charge in [0.15, 0.2) is 5.78 Å². The lowest BCUT2D eigenvalue weighted by Gasteiger charge is -2.40. The van der Waals surface area contributed by atoms with E-state index in [2.05, 4.69) is 63.4 Å². The summed E-state index contributed by atoms with van der Waals surface area (Å²) < 4.78 is 0. The van der Waals surface area contributed by atoms with Crippen molar-refractivity contribution in [3.63, 3.8) is 0 Å². The summed E-state index contributed by atoms with van der Waals surface area (Å²) >= 11 is 0. The highest BCUT2D eigenvalue weighted by Gasteiger charge is 2.39. The average molecular weight is 460 g/mol. The van der Waals surface area contributed by atoms with Crippen LogP contribution >= 0.6 is 0 Å². The third kappa shape index (κ3) is 5.02. The number of nitrogens with one attached hydrogen (secondary N) is 1. The first-order chi connectivity index (χ1) is 16.4. The molecule has 184 valence electrons. The molecule has 0 aromatic heterocycles. The maximum Gasteiger partial charge on any atom is 0.163 e. The third-order valence-corrected chi connectivity index (χ3v) is 8.00. The van der Waals surface area contributed by atoms with E-state index in [4.69, 9.17) is 0 Å². The average Bonchev–Trinajstić information content (AvgIpc) is 3.24. The van der Waals surface area contributed by atoms with Crippen LogP contribution in [0.1, 0.15) is 114 Å². The van der Waals surface area contributed by atoms with E-state index < -0.39 is 0 Å². The SMILES string of the molecule is C/C=C\NC(C)C1=CCC2(C)C=C(CCC(CC)CC)c3ccc4c(c3C2=C1)CCC4=O.CC. The third-order valence-electron chi connectivity index (χ3n) is 8.00. The molecule has 2 unspecified atom stereocenters. The van der Waals surface area contributed by atoms with E-state index in [0.717, 1.165) is 30.7 Å². The predicted octanol–water partition coefficient (Wildman–Crippen LogP) is 8.69. The van der Waals surface area contributed by atoms with Crippen LogP contribution in [-0.2, 0) is 6.42 Å². The molecule has 3 aliphatic carbocycles. The smallest absolute Gasteiger partial charge is 0.163 e. The fourth-order valence-corrected chi connectivity index (χ4v) is 5.81. The summed E-state index contributed by atoms with van der Waals surface area (Å²) in [7, 11) is 0. The van der Waals surface area contributed by atoms with Gasteiger partial charge in [0.2, 0.25) is 0 Å². The molecule has 0 amide bonds. The zero-order valence-electron chi connectivity index (χ0n) is 22.6. The first-order valence-electron chi connectivity index (χ1n) is 13.6. The molecule has 2 heteroatoms. The van der Waals surface area contributed by atoms with Crippen molar-refractivity contribution in [2.24, 2.45) is 11.3 Å². The van der Waals surface area contributed by atoms with Crippen molar-refractivity contribution < 1.29 is 4.79 Å². The second-order valence-corrected chi connectivity index (χ2v) is 10.1. The molecule has 1 N–H and O–H groups in total. The molecule has 0 saturated heterocycles. The topological polar surface area (TPSA) is 29.1 Å². The zero-order chi connectivity index (χ0) is 24.9. The first-order valence-corrected chi connectivity index (χ1v) is 13.6. The molecular formula is C32H45NO. The monoisotopic (exact) mass is 459 g/mol. The van der Waals surface area contributed by atoms with Gasteiger partial charge in [-0.1, -0.05) is 83.9 Å². The summed E-state index contributed by atoms with van der Waals surface area (Å²) in [6, 6.07) is 4.62. The van der Waals surface area contributed by atoms with Gasteiger partial charge in [-0.25, -0.2) is 0 Å². The number of Topliss-reactive ketones (excluding diaryl/α,β-unsaturated/α-hetero) is 1. The van der Waals surface area contributed by atoms with Crippen LogP contribution < -0.4 is 5.32 Å². The maximum atomic E-state index is 12.6. The van der Waals surface area contributed by atoms with Crippen molar-refractivity contribution in [2.75, 3.05) is 0 Å². The summed E-state index contributed by atoms with van der Waals surface area (Å²) in [5.41, 5.74) is 9.27. The van der Waals surface area contributed by atoms with E-state index >= 15 is 0 Å². The molecule has 3 aliphatic rings. The van der Waals surface area contributed by atoms with Crippen LogP contribution in [0.5, 0.6) is 0 Å². The van der Waals surface area contributed by atoms with Gasteiger partial charge in [-0.15, -0.1) is 0 Å². The molecule has 4 rings (SSSR count). The lowest BCUT2D eigenvalue weighted by Crippen LogP contribution is -2.28. The Bertz CT molecular complexity index is 1020. The lowest BCUT2D eigenvalue weighted by molar-refractivity contribution is 0.0994. The Kier molecular flexibility index (Phi) is 8.79. The Morgan fingerprint density at radius 3 is 2.50 bits per heavy atom. The number of hydrogen-bond donors (Lipinski definition) is 1. The molecule has 0 fully saturated rings. The van der Waals surface area contributed by atoms with Gasteiger partial charge in [0, 0.05) is 23.4 Å². The van der Waals surface area contributed by atoms with Crippen LogP contribution in [0, 0.1) is 11.3 Å². The van der Waals surface area contributed by atoms with Gasteiger partial charge >= 0.3 is 0 Å². The molecule has 0 radical (unpaired) electrons. The lowest BCUT2D eigenvalue weighted by atomic mass is 9.64. The minimum atomic E-state index is 0.000829. The highest BCUT2D eigenvalue weighted by atomic mass is 16.1. The van der Waals surface area contributed by atoms with E-state index in [1.54, 1.807) is 0 Å². The van der Waals surface area contributed by atoms with Crippen LogP contribution in [0.3, 0.4) is 0 Å². The zero-order valence-corrected chi connectivity index (χ0v) is 22.6. The molecule has 1 aromatic rings. The van der Waals surface area contributed by atoms with Gasteiger partial charge < -0.3 is 5.32 Å². The molecule has 0 bridgehead atoms. The number of carbonyl (C=O) groups excluding carboxylic acids is 1. The summed E-state index contributed by atoms with van der Waals surface area (Å²) in [5, 5.41) is 3.48. The van der Waals surface area contributed by atoms with Crippen molar-refractivity contribution in [3.05, 3.63) is 70.5 Å². The number of fused-ring (bicyclic) bond motifs is 5. The molecular weight excluding hydrogens is 414 g/mol. The maximum absolute atomic E-state index is 12.6. The van der Waals surface area contributed by atoms with Crippen LogP contribution in [-0.4, -0.2) is 11.8 Å². The predicted molar refractivity (Wildman–Crippen MR) is 148 cm³/mol. The first kappa shape index (κ1) is 26.3. The summed E-state index contributed by atoms with van der Waals surface area (Å²) in [6.07, 6.45) is 18.9. The van der Waals surface area contributed by atoms with Gasteiger partial charge in [-0.2, -0.15) is 0 Å². The van der Waals surface area contributed by atoms with Crippen molar-refractivity contribution in [1.29, 1.82) is 0 Å². The van der Waals surface area contributed by atoms with Crippen LogP contribution in [0.4, 0.5) is 0 Å². The van der Waals surface area contributed by atoms with Crippen LogP contribution in [0.2, 0.25) is 0 Å². The van der Waals surface area contributed by atoms with Gasteiger partial charge in [0.05, 0.1) is 0 Å². The standard InChI is InChI=1S/C30H39NO.C2H6/c1-6-17-31-20(4)22-15-16-30(5)19-23(10-9-21(7-2)8-3)24-11-12-25-26(13-14-28(25)32)29(24)27(30)18-22;1-2/h6,11-12,15,17-21,31H,7-10,13-14,16H2,1-5H3;1-2H3/b17-6-;. The Labute approximate surface area is 208 Å². The van der Waals surface area contributed by atoms with Crippen LogP contribution in [0.25, 0.3) is 11.1 Å². The highest BCUT2D eigenvalue weighted by Crippen LogP contribution is 2.53. The Morgan fingerprint density at radius 2 is 1.82 bits per heavy atom. The second-order valence-electron chi connectivity index (χ2n) is 10.1. The Balaban J connectivity index is 0.00000158. The fraction of sp³-hybridized carbons (Fsp3) is 0.531. The molecule has 1 aromatic carbocycles. The fourth-order valence-electron chi connectivity index (χ4n) is 5.81. The van der Waals surface area contributed by atoms with Crippen molar-refractivity contribution in [1.82, 2.24) is 5.32 Å². The molecule has 2 atom stereocenters. The van der Waals surface area contributed by atoms with Crippen molar-refractivity contribution in [3.8, 4) is 0 Å². The van der Waals surface area contributed by atoms with E-state index in [0.29, 0.717) is 12.2 Å². The number of ketones is 1. The molecule has 34 heavy (non-hydrogen) atoms. The normalized spacial score (nSPS) is 21.6. The number of carbonyl (C=O) groups is 1. The van der Waals surface area contributed by atoms with E-state index in [1.807, 2.05) is 33.0 Å². The number of hydrogen-bond acceptors (Lipinski definition) is 2. The van der Waals surface area contributed by atoms with E-state index in [1.165, 1.54) is 52.7 Å². The van der Waals surface area contributed by atoms with Gasteiger partial charge in [-0.05, 0) is 85.1 Å². The molecule has 0 heterocycles. The number of rotatable bonds is 8. The molecule has 0 aliphatic heterocycles. The molecule has 2 nitrogen and oxygen atoms in total. The van der Waals surface area contributed by atoms with Crippen molar-refractivity contribution >= 4 is 16.9 Å². The van der Waals surface area contributed by atoms with Gasteiger partial charge in [0.25, 0.3) is 0 Å². The van der Waals surface area contributed by atoms with E-state index in [9.17, 15) is 4.79 Å². The molecule has 0 spiro atoms. The largest absolute Gasteiger partial charge is 0.385 e. The molecule has 0 saturated carbocycles. The van der Waals surface area contributed by atoms with E-state index in [-0.39, 0.29) is 11.5 Å². The highest BCUT2D eigenvalue weighted by molar-refractivity contribution is 6.04. The minimum Gasteiger partial charge on any atom is -0.385 e. The summed E-state index contributed by atoms with van der Waals surface area (Å²) in [4.78, 5) is 12.6.